The molecule has 0 amide bonds. The van der Waals surface area contributed by atoms with Gasteiger partial charge in [0, 0.05) is 34.1 Å². The molecule has 0 saturated heterocycles. The van der Waals surface area contributed by atoms with Crippen molar-refractivity contribution in [1.29, 1.82) is 0 Å². The van der Waals surface area contributed by atoms with Crippen molar-refractivity contribution in [3.05, 3.63) is 76.5 Å². The summed E-state index contributed by atoms with van der Waals surface area (Å²) in [6, 6.07) is 13.2. The smallest absolute Gasteiger partial charge is 0.192 e. The number of aryl methyl sites for hydroxylation is 1. The van der Waals surface area contributed by atoms with Gasteiger partial charge in [0.2, 0.25) is 0 Å². The average molecular weight is 469 g/mol. The maximum atomic E-state index is 13.0. The van der Waals surface area contributed by atoms with Gasteiger partial charge in [0.15, 0.2) is 16.8 Å². The topological polar surface area (TPSA) is 65.8 Å². The lowest BCUT2D eigenvalue weighted by atomic mass is 10.2. The molecule has 0 aliphatic rings. The van der Waals surface area contributed by atoms with E-state index in [1.54, 1.807) is 6.26 Å². The number of carbonyl (C=O) groups excluding carboxylic acids is 1. The Kier molecular flexibility index (Phi) is 6.86. The van der Waals surface area contributed by atoms with E-state index in [1.165, 1.54) is 11.8 Å². The number of aromatic nitrogens is 4. The summed E-state index contributed by atoms with van der Waals surface area (Å²) in [6.45, 7) is 7.59. The summed E-state index contributed by atoms with van der Waals surface area (Å²) >= 11 is 7.44. The van der Waals surface area contributed by atoms with Crippen molar-refractivity contribution in [3.8, 4) is 11.4 Å². The highest BCUT2D eigenvalue weighted by Gasteiger charge is 2.20. The van der Waals surface area contributed by atoms with Gasteiger partial charge in [-0.15, -0.1) is 10.2 Å². The Morgan fingerprint density at radius 2 is 1.91 bits per heavy atom. The van der Waals surface area contributed by atoms with Gasteiger partial charge in [0.05, 0.1) is 18.6 Å². The predicted molar refractivity (Wildman–Crippen MR) is 128 cm³/mol. The Labute approximate surface area is 196 Å². The highest BCUT2D eigenvalue weighted by molar-refractivity contribution is 7.99. The van der Waals surface area contributed by atoms with E-state index >= 15 is 0 Å². The minimum Gasteiger partial charge on any atom is -0.467 e. The number of hydrogen-bond acceptors (Lipinski definition) is 5. The number of benzene rings is 1. The maximum absolute atomic E-state index is 13.0. The van der Waals surface area contributed by atoms with Gasteiger partial charge in [0.25, 0.3) is 0 Å². The standard InChI is InChI=1S/C24H25ClN4O2S/c1-4-11-28-16(2)13-21(17(28)3)22(30)15-32-24-27-26-23(18-7-9-19(25)10-8-18)29(24)14-20-6-5-12-31-20/h5-10,12-13H,4,11,14-15H2,1-3H3. The van der Waals surface area contributed by atoms with Crippen LogP contribution in [0.4, 0.5) is 0 Å². The quantitative estimate of drug-likeness (QED) is 0.221. The molecule has 4 aromatic rings. The third-order valence-corrected chi connectivity index (χ3v) is 6.59. The molecule has 8 heteroatoms. The van der Waals surface area contributed by atoms with Crippen molar-refractivity contribution in [2.24, 2.45) is 0 Å². The average Bonchev–Trinajstić information content (AvgIpc) is 3.50. The van der Waals surface area contributed by atoms with Crippen LogP contribution in [0.15, 0.2) is 58.3 Å². The van der Waals surface area contributed by atoms with Crippen LogP contribution in [0, 0.1) is 13.8 Å². The van der Waals surface area contributed by atoms with Crippen LogP contribution in [0.2, 0.25) is 5.02 Å². The molecule has 3 heterocycles. The molecule has 166 valence electrons. The molecule has 0 radical (unpaired) electrons. The summed E-state index contributed by atoms with van der Waals surface area (Å²) in [5, 5.41) is 10.1. The Hall–Kier alpha value is -2.77. The SMILES string of the molecule is CCCn1c(C)cc(C(=O)CSc2nnc(-c3ccc(Cl)cc3)n2Cc2ccco2)c1C. The molecule has 4 rings (SSSR count). The first-order valence-corrected chi connectivity index (χ1v) is 11.9. The number of nitrogens with zero attached hydrogens (tertiary/aromatic N) is 4. The van der Waals surface area contributed by atoms with E-state index in [1.807, 2.05) is 60.9 Å². The van der Waals surface area contributed by atoms with Gasteiger partial charge in [-0.1, -0.05) is 30.3 Å². The number of carbonyl (C=O) groups is 1. The van der Waals surface area contributed by atoms with E-state index in [9.17, 15) is 4.79 Å². The van der Waals surface area contributed by atoms with Crippen molar-refractivity contribution in [2.75, 3.05) is 5.75 Å². The zero-order valence-electron chi connectivity index (χ0n) is 18.3. The van der Waals surface area contributed by atoms with Gasteiger partial charge in [-0.25, -0.2) is 0 Å². The molecule has 0 spiro atoms. The number of thioether (sulfide) groups is 1. The molecule has 0 unspecified atom stereocenters. The van der Waals surface area contributed by atoms with Crippen LogP contribution in [-0.2, 0) is 13.1 Å². The normalized spacial score (nSPS) is 11.2. The first kappa shape index (κ1) is 22.4. The van der Waals surface area contributed by atoms with E-state index in [2.05, 4.69) is 21.7 Å². The highest BCUT2D eigenvalue weighted by Crippen LogP contribution is 2.27. The summed E-state index contributed by atoms with van der Waals surface area (Å²) in [7, 11) is 0. The largest absolute Gasteiger partial charge is 0.467 e. The summed E-state index contributed by atoms with van der Waals surface area (Å²) < 4.78 is 9.72. The van der Waals surface area contributed by atoms with Gasteiger partial charge in [0.1, 0.15) is 5.76 Å². The molecule has 3 aromatic heterocycles. The molecule has 0 aliphatic heterocycles. The van der Waals surface area contributed by atoms with E-state index in [0.29, 0.717) is 22.5 Å². The van der Waals surface area contributed by atoms with Crippen molar-refractivity contribution in [3.63, 3.8) is 0 Å². The zero-order chi connectivity index (χ0) is 22.7. The molecule has 0 bridgehead atoms. The van der Waals surface area contributed by atoms with Crippen LogP contribution in [0.25, 0.3) is 11.4 Å². The zero-order valence-corrected chi connectivity index (χ0v) is 19.9. The molecular weight excluding hydrogens is 444 g/mol. The fraction of sp³-hybridized carbons (Fsp3) is 0.292. The maximum Gasteiger partial charge on any atom is 0.192 e. The number of halogens is 1. The van der Waals surface area contributed by atoms with E-state index in [0.717, 1.165) is 41.2 Å². The molecule has 32 heavy (non-hydrogen) atoms. The second-order valence-corrected chi connectivity index (χ2v) is 9.01. The Bertz CT molecular complexity index is 1210. The van der Waals surface area contributed by atoms with Gasteiger partial charge < -0.3 is 8.98 Å². The van der Waals surface area contributed by atoms with Gasteiger partial charge in [-0.2, -0.15) is 0 Å². The van der Waals surface area contributed by atoms with E-state index < -0.39 is 0 Å². The predicted octanol–water partition coefficient (Wildman–Crippen LogP) is 6.04. The second kappa shape index (κ2) is 9.79. The Balaban J connectivity index is 1.59. The third-order valence-electron chi connectivity index (χ3n) is 5.37. The van der Waals surface area contributed by atoms with Crippen LogP contribution in [0.1, 0.15) is 40.9 Å². The summed E-state index contributed by atoms with van der Waals surface area (Å²) in [5.41, 5.74) is 3.81. The van der Waals surface area contributed by atoms with Crippen molar-refractivity contribution in [2.45, 2.75) is 45.4 Å². The van der Waals surface area contributed by atoms with Gasteiger partial charge >= 0.3 is 0 Å². The van der Waals surface area contributed by atoms with Crippen LogP contribution < -0.4 is 0 Å². The molecular formula is C24H25ClN4O2S. The third kappa shape index (κ3) is 4.69. The molecule has 0 atom stereocenters. The molecule has 0 aliphatic carbocycles. The molecule has 6 nitrogen and oxygen atoms in total. The van der Waals surface area contributed by atoms with Crippen LogP contribution in [0.5, 0.6) is 0 Å². The molecule has 0 fully saturated rings. The van der Waals surface area contributed by atoms with Gasteiger partial charge in [-0.05, 0) is 62.7 Å². The summed E-state index contributed by atoms with van der Waals surface area (Å²) in [5.74, 6) is 1.87. The van der Waals surface area contributed by atoms with Crippen molar-refractivity contribution >= 4 is 29.1 Å². The Morgan fingerprint density at radius 1 is 1.12 bits per heavy atom. The number of ketones is 1. The monoisotopic (exact) mass is 468 g/mol. The van der Waals surface area contributed by atoms with Crippen LogP contribution in [-0.4, -0.2) is 30.9 Å². The Morgan fingerprint density at radius 3 is 2.59 bits per heavy atom. The number of furan rings is 1. The molecule has 0 saturated carbocycles. The van der Waals surface area contributed by atoms with Gasteiger partial charge in [-0.3, -0.25) is 9.36 Å². The first-order chi connectivity index (χ1) is 15.5. The number of hydrogen-bond donors (Lipinski definition) is 0. The summed E-state index contributed by atoms with van der Waals surface area (Å²) in [6.07, 6.45) is 2.67. The molecule has 1 aromatic carbocycles. The van der Waals surface area contributed by atoms with E-state index in [-0.39, 0.29) is 11.5 Å². The molecule has 0 N–H and O–H groups in total. The lowest BCUT2D eigenvalue weighted by Crippen LogP contribution is -2.08. The fourth-order valence-corrected chi connectivity index (χ4v) is 4.71. The van der Waals surface area contributed by atoms with Crippen LogP contribution >= 0.6 is 23.4 Å². The lowest BCUT2D eigenvalue weighted by molar-refractivity contribution is 0.102. The van der Waals surface area contributed by atoms with Crippen molar-refractivity contribution in [1.82, 2.24) is 19.3 Å². The lowest BCUT2D eigenvalue weighted by Gasteiger charge is -2.09. The van der Waals surface area contributed by atoms with Crippen LogP contribution in [0.3, 0.4) is 0 Å². The summed E-state index contributed by atoms with van der Waals surface area (Å²) in [4.78, 5) is 13.0. The fourth-order valence-electron chi connectivity index (χ4n) is 3.77. The van der Waals surface area contributed by atoms with E-state index in [4.69, 9.17) is 16.0 Å². The minimum absolute atomic E-state index is 0.0889. The van der Waals surface area contributed by atoms with Crippen molar-refractivity contribution < 1.29 is 9.21 Å². The second-order valence-electron chi connectivity index (χ2n) is 7.63. The minimum atomic E-state index is 0.0889. The highest BCUT2D eigenvalue weighted by atomic mass is 35.5. The first-order valence-electron chi connectivity index (χ1n) is 10.5. The number of Topliss-reactive ketones (excluding diaryl/α,β-unsaturated/α-hetero) is 1. The number of rotatable bonds is 9.